The molecule has 26 heavy (non-hydrogen) atoms. The first-order valence-electron chi connectivity index (χ1n) is 7.95. The average Bonchev–Trinajstić information content (AvgIpc) is 3.17. The number of amides is 2. The van der Waals surface area contributed by atoms with Crippen LogP contribution in [0, 0.1) is 0 Å². The number of aliphatic carboxylic acids is 1. The Labute approximate surface area is 148 Å². The lowest BCUT2D eigenvalue weighted by Crippen LogP contribution is -2.32. The molecule has 3 aromatic rings. The maximum Gasteiger partial charge on any atom is 0.320 e. The van der Waals surface area contributed by atoms with Gasteiger partial charge in [0.05, 0.1) is 11.1 Å². The first-order chi connectivity index (χ1) is 12.5. The van der Waals surface area contributed by atoms with Gasteiger partial charge in [0.15, 0.2) is 0 Å². The van der Waals surface area contributed by atoms with Crippen molar-refractivity contribution in [3.63, 3.8) is 0 Å². The van der Waals surface area contributed by atoms with Crippen molar-refractivity contribution in [1.29, 1.82) is 0 Å². The van der Waals surface area contributed by atoms with Crippen molar-refractivity contribution in [1.82, 2.24) is 10.3 Å². The first-order valence-corrected chi connectivity index (χ1v) is 7.95. The quantitative estimate of drug-likeness (QED) is 0.534. The first kappa shape index (κ1) is 17.4. The third-order valence-electron chi connectivity index (χ3n) is 4.08. The van der Waals surface area contributed by atoms with Crippen molar-refractivity contribution >= 4 is 28.7 Å². The van der Waals surface area contributed by atoms with Crippen LogP contribution >= 0.6 is 0 Å². The highest BCUT2D eigenvalue weighted by molar-refractivity contribution is 6.21. The highest BCUT2D eigenvalue weighted by atomic mass is 16.4. The van der Waals surface area contributed by atoms with Crippen molar-refractivity contribution in [2.75, 3.05) is 0 Å². The molecule has 0 unspecified atom stereocenters. The maximum atomic E-state index is 10.9. The number of para-hydroxylation sites is 1. The van der Waals surface area contributed by atoms with E-state index in [2.05, 4.69) is 10.3 Å². The molecular formula is C19H17N3O4. The average molecular weight is 351 g/mol. The third-order valence-corrected chi connectivity index (χ3v) is 4.08. The van der Waals surface area contributed by atoms with Gasteiger partial charge in [0.2, 0.25) is 0 Å². The monoisotopic (exact) mass is 351 g/mol. The van der Waals surface area contributed by atoms with E-state index in [1.807, 2.05) is 30.5 Å². The van der Waals surface area contributed by atoms with Crippen LogP contribution in [0.25, 0.3) is 10.9 Å². The molecule has 1 aromatic heterocycles. The predicted molar refractivity (Wildman–Crippen MR) is 95.9 cm³/mol. The van der Waals surface area contributed by atoms with Crippen LogP contribution < -0.4 is 11.1 Å². The van der Waals surface area contributed by atoms with Crippen LogP contribution in [-0.2, 0) is 11.2 Å². The summed E-state index contributed by atoms with van der Waals surface area (Å²) in [5.41, 5.74) is 8.37. The standard InChI is InChI=1S/C11H12N2O2.C8H5NO2/c12-9(11(14)15)5-7-6-13-10-4-2-1-3-8(7)10;10-7-5-3-1-2-4-6(5)8(11)9-7/h1-4,6,9,13H,5,12H2,(H,14,15);1-4H,(H,9,10,11)/t9-;/m0./s1. The van der Waals surface area contributed by atoms with E-state index in [1.165, 1.54) is 0 Å². The summed E-state index contributed by atoms with van der Waals surface area (Å²) in [6.45, 7) is 0. The van der Waals surface area contributed by atoms with Gasteiger partial charge in [-0.05, 0) is 23.8 Å². The number of benzene rings is 2. The largest absolute Gasteiger partial charge is 0.480 e. The van der Waals surface area contributed by atoms with Gasteiger partial charge >= 0.3 is 5.97 Å². The summed E-state index contributed by atoms with van der Waals surface area (Å²) < 4.78 is 0. The fourth-order valence-corrected chi connectivity index (χ4v) is 2.74. The van der Waals surface area contributed by atoms with Crippen LogP contribution in [0.3, 0.4) is 0 Å². The molecule has 0 spiro atoms. The van der Waals surface area contributed by atoms with Gasteiger partial charge in [-0.3, -0.25) is 19.7 Å². The summed E-state index contributed by atoms with van der Waals surface area (Å²) in [4.78, 5) is 35.6. The van der Waals surface area contributed by atoms with Crippen molar-refractivity contribution < 1.29 is 19.5 Å². The third kappa shape index (κ3) is 3.47. The molecule has 7 heteroatoms. The van der Waals surface area contributed by atoms with Crippen LogP contribution in [0.4, 0.5) is 0 Å². The summed E-state index contributed by atoms with van der Waals surface area (Å²) in [7, 11) is 0. The van der Waals surface area contributed by atoms with Crippen molar-refractivity contribution in [3.05, 3.63) is 71.4 Å². The number of carboxylic acid groups (broad SMARTS) is 1. The SMILES string of the molecule is N[C@@H](Cc1c[nH]c2ccccc12)C(=O)O.O=C1NC(=O)c2ccccc21. The minimum Gasteiger partial charge on any atom is -0.480 e. The van der Waals surface area contributed by atoms with E-state index in [0.717, 1.165) is 16.5 Å². The molecule has 0 saturated heterocycles. The zero-order chi connectivity index (χ0) is 18.7. The number of carbonyl (C=O) groups excluding carboxylic acids is 2. The Bertz CT molecular complexity index is 960. The number of nitrogens with two attached hydrogens (primary N) is 1. The number of aromatic amines is 1. The molecule has 2 amide bonds. The Kier molecular flexibility index (Phi) is 4.81. The molecule has 0 saturated carbocycles. The Morgan fingerprint density at radius 3 is 2.19 bits per heavy atom. The number of fused-ring (bicyclic) bond motifs is 2. The number of aromatic nitrogens is 1. The summed E-state index contributed by atoms with van der Waals surface area (Å²) in [6, 6.07) is 13.6. The number of carbonyl (C=O) groups is 3. The van der Waals surface area contributed by atoms with Crippen LogP contribution in [0.1, 0.15) is 26.3 Å². The molecule has 2 heterocycles. The molecule has 0 radical (unpaired) electrons. The zero-order valence-corrected chi connectivity index (χ0v) is 13.7. The van der Waals surface area contributed by atoms with Crippen molar-refractivity contribution in [2.24, 2.45) is 5.73 Å². The summed E-state index contributed by atoms with van der Waals surface area (Å²) >= 11 is 0. The molecule has 0 aliphatic carbocycles. The molecule has 132 valence electrons. The number of hydrogen-bond donors (Lipinski definition) is 4. The smallest absolute Gasteiger partial charge is 0.320 e. The predicted octanol–water partition coefficient (Wildman–Crippen LogP) is 1.69. The summed E-state index contributed by atoms with van der Waals surface area (Å²) in [5.74, 6) is -1.57. The molecule has 5 N–H and O–H groups in total. The van der Waals surface area contributed by atoms with Gasteiger partial charge in [-0.2, -0.15) is 0 Å². The molecule has 1 atom stereocenters. The number of hydrogen-bond acceptors (Lipinski definition) is 4. The van der Waals surface area contributed by atoms with Crippen LogP contribution in [0.15, 0.2) is 54.7 Å². The minimum atomic E-state index is -0.972. The Hall–Kier alpha value is -3.45. The lowest BCUT2D eigenvalue weighted by Gasteiger charge is -2.04. The Balaban J connectivity index is 0.000000158. The van der Waals surface area contributed by atoms with E-state index in [4.69, 9.17) is 10.8 Å². The second-order valence-electron chi connectivity index (χ2n) is 5.84. The molecule has 2 aromatic carbocycles. The second kappa shape index (κ2) is 7.20. The van der Waals surface area contributed by atoms with Gasteiger partial charge in [-0.1, -0.05) is 30.3 Å². The molecule has 4 rings (SSSR count). The van der Waals surface area contributed by atoms with E-state index in [1.54, 1.807) is 24.3 Å². The van der Waals surface area contributed by atoms with E-state index in [0.29, 0.717) is 17.5 Å². The number of rotatable bonds is 3. The van der Waals surface area contributed by atoms with Crippen LogP contribution in [0.5, 0.6) is 0 Å². The van der Waals surface area contributed by atoms with Crippen LogP contribution in [-0.4, -0.2) is 33.9 Å². The Morgan fingerprint density at radius 2 is 1.58 bits per heavy atom. The Morgan fingerprint density at radius 1 is 1.00 bits per heavy atom. The molecule has 0 bridgehead atoms. The van der Waals surface area contributed by atoms with Gasteiger partial charge in [-0.15, -0.1) is 0 Å². The lowest BCUT2D eigenvalue weighted by atomic mass is 10.1. The molecule has 1 aliphatic heterocycles. The van der Waals surface area contributed by atoms with Crippen molar-refractivity contribution in [3.8, 4) is 0 Å². The van der Waals surface area contributed by atoms with E-state index >= 15 is 0 Å². The fourth-order valence-electron chi connectivity index (χ4n) is 2.74. The van der Waals surface area contributed by atoms with E-state index in [9.17, 15) is 14.4 Å². The van der Waals surface area contributed by atoms with E-state index in [-0.39, 0.29) is 11.8 Å². The van der Waals surface area contributed by atoms with Gasteiger partial charge in [0, 0.05) is 23.5 Å². The van der Waals surface area contributed by atoms with Crippen LogP contribution in [0.2, 0.25) is 0 Å². The number of carboxylic acids is 1. The number of nitrogens with one attached hydrogen (secondary N) is 2. The maximum absolute atomic E-state index is 10.9. The molecule has 7 nitrogen and oxygen atoms in total. The van der Waals surface area contributed by atoms with Gasteiger partial charge in [0.1, 0.15) is 6.04 Å². The van der Waals surface area contributed by atoms with E-state index < -0.39 is 12.0 Å². The number of imide groups is 1. The second-order valence-corrected chi connectivity index (χ2v) is 5.84. The topological polar surface area (TPSA) is 125 Å². The molecular weight excluding hydrogens is 334 g/mol. The lowest BCUT2D eigenvalue weighted by molar-refractivity contribution is -0.138. The highest BCUT2D eigenvalue weighted by Gasteiger charge is 2.25. The molecule has 0 fully saturated rings. The van der Waals surface area contributed by atoms with Crippen molar-refractivity contribution in [2.45, 2.75) is 12.5 Å². The van der Waals surface area contributed by atoms with Gasteiger partial charge < -0.3 is 15.8 Å². The summed E-state index contributed by atoms with van der Waals surface area (Å²) in [5, 5.41) is 12.0. The fraction of sp³-hybridized carbons (Fsp3) is 0.105. The van der Waals surface area contributed by atoms with Gasteiger partial charge in [-0.25, -0.2) is 0 Å². The highest BCUT2D eigenvalue weighted by Crippen LogP contribution is 2.18. The summed E-state index contributed by atoms with van der Waals surface area (Å²) in [6.07, 6.45) is 2.16. The molecule has 1 aliphatic rings. The zero-order valence-electron chi connectivity index (χ0n) is 13.7. The number of H-pyrrole nitrogens is 1. The van der Waals surface area contributed by atoms with Gasteiger partial charge in [0.25, 0.3) is 11.8 Å². The normalized spacial score (nSPS) is 13.6. The minimum absolute atomic E-state index is 0.300.